The first-order valence-corrected chi connectivity index (χ1v) is 6.76. The highest BCUT2D eigenvalue weighted by Gasteiger charge is 2.13. The zero-order chi connectivity index (χ0) is 11.1. The molecule has 1 saturated heterocycles. The normalized spacial score (nSPS) is 20.8. The molecular weight excluding hydrogens is 208 g/mol. The lowest BCUT2D eigenvalue weighted by atomic mass is 10.1. The second-order valence-electron chi connectivity index (χ2n) is 4.91. The van der Waals surface area contributed by atoms with Crippen LogP contribution in [0.25, 0.3) is 0 Å². The molecule has 0 aliphatic carbocycles. The lowest BCUT2D eigenvalue weighted by Crippen LogP contribution is -2.32. The van der Waals surface area contributed by atoms with Crippen LogP contribution in [0, 0.1) is 5.92 Å². The van der Waals surface area contributed by atoms with E-state index in [4.69, 9.17) is 11.6 Å². The van der Waals surface area contributed by atoms with Crippen molar-refractivity contribution >= 4 is 11.6 Å². The molecule has 0 aromatic rings. The van der Waals surface area contributed by atoms with Crippen LogP contribution in [-0.2, 0) is 0 Å². The summed E-state index contributed by atoms with van der Waals surface area (Å²) in [6.45, 7) is 11.9. The molecule has 1 rings (SSSR count). The van der Waals surface area contributed by atoms with E-state index in [1.54, 1.807) is 0 Å². The number of nitrogens with zero attached hydrogens (tertiary/aromatic N) is 2. The quantitative estimate of drug-likeness (QED) is 0.672. The maximum absolute atomic E-state index is 5.77. The molecule has 1 fully saturated rings. The standard InChI is InChI=1S/C12H25ClN2/c1-12(2)4-8-14-6-3-7-15(9-5-13)11-10-14/h12H,3-11H2,1-2H3. The topological polar surface area (TPSA) is 6.48 Å². The lowest BCUT2D eigenvalue weighted by Gasteiger charge is -2.21. The number of hydrogen-bond donors (Lipinski definition) is 0. The van der Waals surface area contributed by atoms with Crippen LogP contribution in [0.1, 0.15) is 26.7 Å². The first kappa shape index (κ1) is 13.3. The van der Waals surface area contributed by atoms with Crippen LogP contribution < -0.4 is 0 Å². The fourth-order valence-corrected chi connectivity index (χ4v) is 2.27. The van der Waals surface area contributed by atoms with Gasteiger partial charge >= 0.3 is 0 Å². The molecule has 2 nitrogen and oxygen atoms in total. The van der Waals surface area contributed by atoms with E-state index < -0.39 is 0 Å². The molecule has 0 amide bonds. The summed E-state index contributed by atoms with van der Waals surface area (Å²) >= 11 is 5.77. The van der Waals surface area contributed by atoms with Crippen LogP contribution in [0.2, 0.25) is 0 Å². The summed E-state index contributed by atoms with van der Waals surface area (Å²) in [5.41, 5.74) is 0. The fraction of sp³-hybridized carbons (Fsp3) is 1.00. The van der Waals surface area contributed by atoms with Crippen molar-refractivity contribution in [3.8, 4) is 0 Å². The van der Waals surface area contributed by atoms with Gasteiger partial charge in [-0.15, -0.1) is 11.6 Å². The van der Waals surface area contributed by atoms with E-state index in [9.17, 15) is 0 Å². The Hall–Kier alpha value is 0.210. The van der Waals surface area contributed by atoms with Gasteiger partial charge in [-0.05, 0) is 38.4 Å². The van der Waals surface area contributed by atoms with E-state index in [0.717, 1.165) is 18.3 Å². The van der Waals surface area contributed by atoms with Gasteiger partial charge in [-0.1, -0.05) is 13.8 Å². The van der Waals surface area contributed by atoms with Gasteiger partial charge in [-0.2, -0.15) is 0 Å². The summed E-state index contributed by atoms with van der Waals surface area (Å²) in [4.78, 5) is 5.09. The number of rotatable bonds is 5. The van der Waals surface area contributed by atoms with Crippen LogP contribution >= 0.6 is 11.6 Å². The zero-order valence-corrected chi connectivity index (χ0v) is 11.0. The van der Waals surface area contributed by atoms with E-state index in [1.165, 1.54) is 45.6 Å². The van der Waals surface area contributed by atoms with E-state index in [1.807, 2.05) is 0 Å². The molecule has 0 bridgehead atoms. The Kier molecular flexibility index (Phi) is 6.62. The fourth-order valence-electron chi connectivity index (χ4n) is 2.03. The summed E-state index contributed by atoms with van der Waals surface area (Å²) in [5, 5.41) is 0. The van der Waals surface area contributed by atoms with E-state index >= 15 is 0 Å². The SMILES string of the molecule is CC(C)CCN1CCCN(CCCl)CC1. The minimum absolute atomic E-state index is 0.770. The van der Waals surface area contributed by atoms with Gasteiger partial charge in [0.25, 0.3) is 0 Å². The van der Waals surface area contributed by atoms with Gasteiger partial charge < -0.3 is 9.80 Å². The third-order valence-corrected chi connectivity index (χ3v) is 3.27. The second-order valence-corrected chi connectivity index (χ2v) is 5.29. The van der Waals surface area contributed by atoms with Crippen LogP contribution in [0.3, 0.4) is 0 Å². The molecule has 1 aliphatic heterocycles. The Morgan fingerprint density at radius 2 is 1.60 bits per heavy atom. The van der Waals surface area contributed by atoms with Crippen molar-refractivity contribution in [3.05, 3.63) is 0 Å². The van der Waals surface area contributed by atoms with E-state index in [2.05, 4.69) is 23.6 Å². The molecule has 0 unspecified atom stereocenters. The maximum Gasteiger partial charge on any atom is 0.0351 e. The van der Waals surface area contributed by atoms with Crippen LogP contribution in [0.15, 0.2) is 0 Å². The smallest absolute Gasteiger partial charge is 0.0351 e. The number of alkyl halides is 1. The average Bonchev–Trinajstić information content (AvgIpc) is 2.41. The molecule has 0 aromatic heterocycles. The van der Waals surface area contributed by atoms with Crippen molar-refractivity contribution in [2.75, 3.05) is 45.1 Å². The molecule has 0 spiro atoms. The Balaban J connectivity index is 2.20. The van der Waals surface area contributed by atoms with Crippen molar-refractivity contribution < 1.29 is 0 Å². The molecule has 0 radical (unpaired) electrons. The maximum atomic E-state index is 5.77. The summed E-state index contributed by atoms with van der Waals surface area (Å²) in [6.07, 6.45) is 2.63. The molecule has 1 heterocycles. The van der Waals surface area contributed by atoms with Crippen LogP contribution in [-0.4, -0.2) is 54.9 Å². The van der Waals surface area contributed by atoms with Gasteiger partial charge in [0, 0.05) is 25.5 Å². The summed E-state index contributed by atoms with van der Waals surface area (Å²) in [7, 11) is 0. The van der Waals surface area contributed by atoms with Crippen molar-refractivity contribution in [2.45, 2.75) is 26.7 Å². The van der Waals surface area contributed by atoms with Gasteiger partial charge in [0.2, 0.25) is 0 Å². The monoisotopic (exact) mass is 232 g/mol. The Labute approximate surface area is 99.6 Å². The highest BCUT2D eigenvalue weighted by molar-refractivity contribution is 6.18. The largest absolute Gasteiger partial charge is 0.302 e. The number of hydrogen-bond acceptors (Lipinski definition) is 2. The molecule has 1 aliphatic rings. The summed E-state index contributed by atoms with van der Waals surface area (Å²) < 4.78 is 0. The van der Waals surface area contributed by atoms with Crippen molar-refractivity contribution in [3.63, 3.8) is 0 Å². The minimum atomic E-state index is 0.770. The average molecular weight is 233 g/mol. The molecule has 90 valence electrons. The Morgan fingerprint density at radius 1 is 1.00 bits per heavy atom. The molecule has 0 atom stereocenters. The van der Waals surface area contributed by atoms with Crippen molar-refractivity contribution in [2.24, 2.45) is 5.92 Å². The molecule has 0 N–H and O–H groups in total. The third kappa shape index (κ3) is 5.74. The summed E-state index contributed by atoms with van der Waals surface area (Å²) in [5.74, 6) is 1.60. The predicted octanol–water partition coefficient (Wildman–Crippen LogP) is 2.28. The second kappa shape index (κ2) is 7.48. The first-order valence-electron chi connectivity index (χ1n) is 6.23. The van der Waals surface area contributed by atoms with Gasteiger partial charge in [0.15, 0.2) is 0 Å². The molecule has 0 saturated carbocycles. The van der Waals surface area contributed by atoms with E-state index in [0.29, 0.717) is 0 Å². The zero-order valence-electron chi connectivity index (χ0n) is 10.2. The van der Waals surface area contributed by atoms with Gasteiger partial charge in [-0.25, -0.2) is 0 Å². The molecule has 0 aromatic carbocycles. The molecule has 15 heavy (non-hydrogen) atoms. The van der Waals surface area contributed by atoms with Crippen LogP contribution in [0.4, 0.5) is 0 Å². The van der Waals surface area contributed by atoms with Crippen molar-refractivity contribution in [1.82, 2.24) is 9.80 Å². The minimum Gasteiger partial charge on any atom is -0.302 e. The van der Waals surface area contributed by atoms with Crippen molar-refractivity contribution in [1.29, 1.82) is 0 Å². The molecule has 3 heteroatoms. The van der Waals surface area contributed by atoms with Gasteiger partial charge in [-0.3, -0.25) is 0 Å². The van der Waals surface area contributed by atoms with Gasteiger partial charge in [0.05, 0.1) is 0 Å². The highest BCUT2D eigenvalue weighted by atomic mass is 35.5. The highest BCUT2D eigenvalue weighted by Crippen LogP contribution is 2.07. The number of halogens is 1. The Bertz CT molecular complexity index is 162. The predicted molar refractivity (Wildman–Crippen MR) is 67.7 cm³/mol. The van der Waals surface area contributed by atoms with Gasteiger partial charge in [0.1, 0.15) is 0 Å². The molecular formula is C12H25ClN2. The third-order valence-electron chi connectivity index (χ3n) is 3.10. The van der Waals surface area contributed by atoms with E-state index in [-0.39, 0.29) is 0 Å². The Morgan fingerprint density at radius 3 is 2.13 bits per heavy atom. The first-order chi connectivity index (χ1) is 7.22. The van der Waals surface area contributed by atoms with Crippen LogP contribution in [0.5, 0.6) is 0 Å². The summed E-state index contributed by atoms with van der Waals surface area (Å²) in [6, 6.07) is 0. The lowest BCUT2D eigenvalue weighted by molar-refractivity contribution is 0.253.